The van der Waals surface area contributed by atoms with Gasteiger partial charge in [-0.25, -0.2) is 26.4 Å². The highest BCUT2D eigenvalue weighted by atomic mass is 32.2. The lowest BCUT2D eigenvalue weighted by molar-refractivity contribution is -0.274. The van der Waals surface area contributed by atoms with Crippen LogP contribution in [-0.4, -0.2) is 86.0 Å². The fourth-order valence-corrected chi connectivity index (χ4v) is 7.73. The van der Waals surface area contributed by atoms with Gasteiger partial charge in [-0.2, -0.15) is 0 Å². The highest BCUT2D eigenvalue weighted by molar-refractivity contribution is 7.93. The maximum atomic E-state index is 12.9. The van der Waals surface area contributed by atoms with Crippen molar-refractivity contribution < 1.29 is 83.0 Å². The summed E-state index contributed by atoms with van der Waals surface area (Å²) in [7, 11) is -5.16. The lowest BCUT2D eigenvalue weighted by Crippen LogP contribution is -2.17. The number of carboxylic acid groups (broad SMARTS) is 2. The number of rotatable bonds is 21. The van der Waals surface area contributed by atoms with Crippen molar-refractivity contribution in [3.8, 4) is 40.2 Å². The summed E-state index contributed by atoms with van der Waals surface area (Å²) in [5, 5.41) is 17.8. The molecule has 0 radical (unpaired) electrons. The molecule has 0 saturated heterocycles. The molecule has 0 bridgehead atoms. The SMILES string of the molecule is COc1ccc(S(=O)(=O)Nc2ccccc2OCCOc2ccc(C(=O)O)cc2)cc1OC.O=C(O)c1ccc(OCCOc2ccccc2NS(=O)(=O)c2ccc(OC(F)(F)F)cc2)cc1. The number of alkyl halides is 3. The number of carboxylic acids is 2. The molecule has 67 heavy (non-hydrogen) atoms. The zero-order valence-electron chi connectivity index (χ0n) is 35.3. The van der Waals surface area contributed by atoms with Crippen LogP contribution in [0.4, 0.5) is 24.5 Å². The number of nitrogens with one attached hydrogen (secondary N) is 2. The molecule has 0 aliphatic heterocycles. The Labute approximate surface area is 382 Å². The number of hydrogen-bond donors (Lipinski definition) is 4. The second kappa shape index (κ2) is 22.9. The van der Waals surface area contributed by atoms with Gasteiger partial charge in [-0.3, -0.25) is 9.44 Å². The molecule has 0 unspecified atom stereocenters. The topological polar surface area (TPSA) is 232 Å². The Morgan fingerprint density at radius 3 is 1.30 bits per heavy atom. The molecular formula is C45H41F3N2O15S2. The lowest BCUT2D eigenvalue weighted by atomic mass is 10.2. The van der Waals surface area contributed by atoms with Crippen LogP contribution >= 0.6 is 0 Å². The third-order valence-corrected chi connectivity index (χ3v) is 11.5. The summed E-state index contributed by atoms with van der Waals surface area (Å²) >= 11 is 0. The molecular weight excluding hydrogens is 930 g/mol. The molecule has 0 heterocycles. The first-order valence-electron chi connectivity index (χ1n) is 19.4. The van der Waals surface area contributed by atoms with Gasteiger partial charge in [-0.15, -0.1) is 13.2 Å². The maximum absolute atomic E-state index is 12.9. The van der Waals surface area contributed by atoms with E-state index >= 15 is 0 Å². The highest BCUT2D eigenvalue weighted by Gasteiger charge is 2.31. The standard InChI is InChI=1S/C23H23NO8S.C22H18F3NO7S/c1-29-21-12-11-18(15-22(21)30-2)33(27,28)24-19-5-3-4-6-20(19)32-14-13-31-17-9-7-16(8-10-17)23(25)26;23-22(24,25)33-17-9-11-18(12-10-17)34(29,30)26-19-3-1-2-4-20(19)32-14-13-31-16-7-5-15(6-8-16)21(27)28/h3-12,15,24H,13-14H2,1-2H3,(H,25,26);1-12,26H,13-14H2,(H,27,28). The Kier molecular flexibility index (Phi) is 17.1. The van der Waals surface area contributed by atoms with Gasteiger partial charge >= 0.3 is 18.3 Å². The Balaban J connectivity index is 0.000000251. The second-order valence-electron chi connectivity index (χ2n) is 13.3. The number of hydrogen-bond acceptors (Lipinski definition) is 13. The third kappa shape index (κ3) is 15.1. The number of sulfonamides is 2. The van der Waals surface area contributed by atoms with Crippen LogP contribution in [0.25, 0.3) is 0 Å². The van der Waals surface area contributed by atoms with Crippen molar-refractivity contribution in [3.63, 3.8) is 0 Å². The van der Waals surface area contributed by atoms with Crippen LogP contribution in [0.5, 0.6) is 40.2 Å². The third-order valence-electron chi connectivity index (χ3n) is 8.72. The Hall–Kier alpha value is -7.85. The molecule has 0 fully saturated rings. The van der Waals surface area contributed by atoms with Crippen LogP contribution in [0.1, 0.15) is 20.7 Å². The van der Waals surface area contributed by atoms with E-state index in [1.165, 1.54) is 80.9 Å². The smallest absolute Gasteiger partial charge is 0.493 e. The van der Waals surface area contributed by atoms with Gasteiger partial charge in [0.05, 0.1) is 46.5 Å². The first-order valence-corrected chi connectivity index (χ1v) is 22.3. The predicted molar refractivity (Wildman–Crippen MR) is 236 cm³/mol. The van der Waals surface area contributed by atoms with E-state index in [0.717, 1.165) is 24.3 Å². The number of carbonyl (C=O) groups is 2. The summed E-state index contributed by atoms with van der Waals surface area (Å²) in [5.74, 6) is -0.466. The molecule has 0 aliphatic carbocycles. The molecule has 6 aromatic rings. The summed E-state index contributed by atoms with van der Waals surface area (Å²) in [4.78, 5) is 21.5. The first kappa shape index (κ1) is 50.2. The number of benzene rings is 6. The summed E-state index contributed by atoms with van der Waals surface area (Å²) in [6.45, 7) is 0.441. The summed E-state index contributed by atoms with van der Waals surface area (Å²) in [6, 6.07) is 32.6. The fraction of sp³-hybridized carbons (Fsp3) is 0.156. The molecule has 354 valence electrons. The minimum atomic E-state index is -4.89. The molecule has 0 spiro atoms. The molecule has 0 aliphatic rings. The van der Waals surface area contributed by atoms with E-state index in [9.17, 15) is 39.6 Å². The van der Waals surface area contributed by atoms with E-state index in [4.69, 9.17) is 38.6 Å². The average Bonchev–Trinajstić information content (AvgIpc) is 3.30. The number of methoxy groups -OCH3 is 2. The van der Waals surface area contributed by atoms with E-state index < -0.39 is 44.1 Å². The lowest BCUT2D eigenvalue weighted by Gasteiger charge is -2.15. The minimum Gasteiger partial charge on any atom is -0.493 e. The van der Waals surface area contributed by atoms with Gasteiger partial charge < -0.3 is 43.4 Å². The summed E-state index contributed by atoms with van der Waals surface area (Å²) in [6.07, 6.45) is -4.89. The number of ether oxygens (including phenoxy) is 7. The number of aromatic carboxylic acids is 2. The molecule has 17 nitrogen and oxygen atoms in total. The van der Waals surface area contributed by atoms with Gasteiger partial charge in [-0.1, -0.05) is 24.3 Å². The molecule has 0 atom stereocenters. The molecule has 6 aromatic carbocycles. The van der Waals surface area contributed by atoms with Crippen LogP contribution in [-0.2, 0) is 20.0 Å². The number of para-hydroxylation sites is 4. The first-order chi connectivity index (χ1) is 31.9. The van der Waals surface area contributed by atoms with Crippen LogP contribution in [0.3, 0.4) is 0 Å². The maximum Gasteiger partial charge on any atom is 0.573 e. The molecule has 6 rings (SSSR count). The van der Waals surface area contributed by atoms with Gasteiger partial charge in [0.1, 0.15) is 55.2 Å². The van der Waals surface area contributed by atoms with Crippen LogP contribution in [0.2, 0.25) is 0 Å². The molecule has 0 saturated carbocycles. The highest BCUT2D eigenvalue weighted by Crippen LogP contribution is 2.33. The molecule has 4 N–H and O–H groups in total. The zero-order valence-corrected chi connectivity index (χ0v) is 36.9. The summed E-state index contributed by atoms with van der Waals surface area (Å²) < 4.78 is 129. The van der Waals surface area contributed by atoms with Gasteiger partial charge in [0.25, 0.3) is 20.0 Å². The van der Waals surface area contributed by atoms with E-state index in [2.05, 4.69) is 14.2 Å². The number of halogens is 3. The Bertz CT molecular complexity index is 2830. The van der Waals surface area contributed by atoms with E-state index in [0.29, 0.717) is 28.7 Å². The Morgan fingerprint density at radius 2 is 0.881 bits per heavy atom. The van der Waals surface area contributed by atoms with Crippen LogP contribution in [0.15, 0.2) is 149 Å². The average molecular weight is 971 g/mol. The van der Waals surface area contributed by atoms with E-state index in [1.54, 1.807) is 48.5 Å². The zero-order chi connectivity index (χ0) is 48.6. The number of anilines is 2. The molecule has 0 amide bonds. The largest absolute Gasteiger partial charge is 0.573 e. The normalized spacial score (nSPS) is 11.2. The van der Waals surface area contributed by atoms with Crippen molar-refractivity contribution in [1.29, 1.82) is 0 Å². The predicted octanol–water partition coefficient (Wildman–Crippen LogP) is 8.20. The van der Waals surface area contributed by atoms with Crippen molar-refractivity contribution in [1.82, 2.24) is 0 Å². The van der Waals surface area contributed by atoms with Crippen molar-refractivity contribution in [3.05, 3.63) is 151 Å². The van der Waals surface area contributed by atoms with Crippen LogP contribution < -0.4 is 42.6 Å². The van der Waals surface area contributed by atoms with Crippen molar-refractivity contribution in [2.45, 2.75) is 16.2 Å². The van der Waals surface area contributed by atoms with Gasteiger partial charge in [0.2, 0.25) is 0 Å². The minimum absolute atomic E-state index is 0.00286. The van der Waals surface area contributed by atoms with Gasteiger partial charge in [-0.05, 0) is 109 Å². The fourth-order valence-electron chi connectivity index (χ4n) is 5.57. The Morgan fingerprint density at radius 1 is 0.493 bits per heavy atom. The quantitative estimate of drug-likeness (QED) is 0.0498. The van der Waals surface area contributed by atoms with E-state index in [-0.39, 0.29) is 64.5 Å². The van der Waals surface area contributed by atoms with E-state index in [1.807, 2.05) is 0 Å². The summed E-state index contributed by atoms with van der Waals surface area (Å²) in [5.41, 5.74) is 0.656. The van der Waals surface area contributed by atoms with Crippen molar-refractivity contribution >= 4 is 43.4 Å². The van der Waals surface area contributed by atoms with Crippen molar-refractivity contribution in [2.24, 2.45) is 0 Å². The molecule has 22 heteroatoms. The van der Waals surface area contributed by atoms with Gasteiger partial charge in [0, 0.05) is 6.07 Å². The molecule has 0 aromatic heterocycles. The second-order valence-corrected chi connectivity index (χ2v) is 16.7. The van der Waals surface area contributed by atoms with Gasteiger partial charge in [0.15, 0.2) is 11.5 Å². The van der Waals surface area contributed by atoms with Crippen LogP contribution in [0, 0.1) is 0 Å². The van der Waals surface area contributed by atoms with Crippen molar-refractivity contribution in [2.75, 3.05) is 50.1 Å². The monoisotopic (exact) mass is 970 g/mol.